The lowest BCUT2D eigenvalue weighted by Crippen LogP contribution is -2.43. The molecule has 1 aliphatic rings. The van der Waals surface area contributed by atoms with Crippen LogP contribution in [0.3, 0.4) is 0 Å². The number of hydrogen-bond acceptors (Lipinski definition) is 3. The molecule has 20 heavy (non-hydrogen) atoms. The zero-order chi connectivity index (χ0) is 14.5. The van der Waals surface area contributed by atoms with E-state index in [1.54, 1.807) is 0 Å². The van der Waals surface area contributed by atoms with Crippen LogP contribution in [0.1, 0.15) is 30.0 Å². The topological polar surface area (TPSA) is 44.4 Å². The first-order chi connectivity index (χ1) is 9.58. The van der Waals surface area contributed by atoms with Crippen LogP contribution in [0.4, 0.5) is 0 Å². The third kappa shape index (κ3) is 3.81. The molecule has 0 aromatic heterocycles. The predicted octanol–water partition coefficient (Wildman–Crippen LogP) is 1.47. The first-order valence-corrected chi connectivity index (χ1v) is 7.32. The van der Waals surface area contributed by atoms with Crippen molar-refractivity contribution in [1.29, 1.82) is 0 Å². The molecule has 1 aromatic rings. The van der Waals surface area contributed by atoms with Gasteiger partial charge in [-0.1, -0.05) is 29.8 Å². The number of carbonyl (C=O) groups excluding carboxylic acids is 1. The van der Waals surface area contributed by atoms with Crippen molar-refractivity contribution < 1.29 is 4.79 Å². The van der Waals surface area contributed by atoms with E-state index in [1.807, 2.05) is 14.1 Å². The summed E-state index contributed by atoms with van der Waals surface area (Å²) < 4.78 is 0. The van der Waals surface area contributed by atoms with Gasteiger partial charge in [0, 0.05) is 6.54 Å². The van der Waals surface area contributed by atoms with Crippen LogP contribution >= 0.6 is 0 Å². The summed E-state index contributed by atoms with van der Waals surface area (Å²) in [5.74, 6) is 0.126. The summed E-state index contributed by atoms with van der Waals surface area (Å²) >= 11 is 0. The van der Waals surface area contributed by atoms with Crippen molar-refractivity contribution in [2.75, 3.05) is 27.2 Å². The summed E-state index contributed by atoms with van der Waals surface area (Å²) in [5, 5.41) is 6.31. The second kappa shape index (κ2) is 6.86. The highest BCUT2D eigenvalue weighted by Crippen LogP contribution is 2.18. The van der Waals surface area contributed by atoms with Gasteiger partial charge in [0.1, 0.15) is 0 Å². The number of nitrogens with one attached hydrogen (secondary N) is 2. The average molecular weight is 275 g/mol. The molecule has 2 rings (SSSR count). The maximum absolute atomic E-state index is 12.1. The van der Waals surface area contributed by atoms with E-state index in [1.165, 1.54) is 11.1 Å². The van der Waals surface area contributed by atoms with Gasteiger partial charge in [-0.15, -0.1) is 0 Å². The van der Waals surface area contributed by atoms with Crippen LogP contribution in [0.15, 0.2) is 24.3 Å². The second-order valence-electron chi connectivity index (χ2n) is 5.78. The third-order valence-electron chi connectivity index (χ3n) is 3.93. The molecule has 0 radical (unpaired) electrons. The van der Waals surface area contributed by atoms with Gasteiger partial charge in [0.2, 0.25) is 5.91 Å². The molecule has 1 aromatic carbocycles. The fourth-order valence-corrected chi connectivity index (χ4v) is 2.62. The van der Waals surface area contributed by atoms with Crippen molar-refractivity contribution in [3.05, 3.63) is 35.4 Å². The smallest absolute Gasteiger partial charge is 0.237 e. The minimum absolute atomic E-state index is 0.00386. The number of rotatable bonds is 5. The minimum atomic E-state index is -0.00386. The largest absolute Gasteiger partial charge is 0.353 e. The molecule has 1 saturated heterocycles. The van der Waals surface area contributed by atoms with Crippen LogP contribution in [0.5, 0.6) is 0 Å². The zero-order valence-corrected chi connectivity index (χ0v) is 12.6. The number of nitrogens with zero attached hydrogens (tertiary/aromatic N) is 1. The van der Waals surface area contributed by atoms with Crippen molar-refractivity contribution in [2.45, 2.75) is 31.8 Å². The Kier molecular flexibility index (Phi) is 5.15. The molecule has 0 bridgehead atoms. The van der Waals surface area contributed by atoms with Gasteiger partial charge in [-0.25, -0.2) is 0 Å². The fraction of sp³-hybridized carbons (Fsp3) is 0.562. The van der Waals surface area contributed by atoms with E-state index in [2.05, 4.69) is 46.7 Å². The first-order valence-electron chi connectivity index (χ1n) is 7.32. The number of hydrogen-bond donors (Lipinski definition) is 2. The standard InChI is InChI=1S/C16H25N3O/c1-12-6-8-13(9-7-12)15(19(2)3)11-18-16(20)14-5-4-10-17-14/h6-9,14-15,17H,4-5,10-11H2,1-3H3,(H,18,20)/t14-,15?/m0/s1. The van der Waals surface area contributed by atoms with Crippen LogP contribution < -0.4 is 10.6 Å². The summed E-state index contributed by atoms with van der Waals surface area (Å²) in [7, 11) is 4.09. The summed E-state index contributed by atoms with van der Waals surface area (Å²) in [6, 6.07) is 8.72. The maximum atomic E-state index is 12.1. The van der Waals surface area contributed by atoms with Crippen molar-refractivity contribution in [3.63, 3.8) is 0 Å². The van der Waals surface area contributed by atoms with Crippen molar-refractivity contribution in [1.82, 2.24) is 15.5 Å². The highest BCUT2D eigenvalue weighted by atomic mass is 16.2. The van der Waals surface area contributed by atoms with Gasteiger partial charge >= 0.3 is 0 Å². The summed E-state index contributed by atoms with van der Waals surface area (Å²) in [5.41, 5.74) is 2.49. The van der Waals surface area contributed by atoms with Gasteiger partial charge in [0.25, 0.3) is 0 Å². The number of carbonyl (C=O) groups is 1. The van der Waals surface area contributed by atoms with Gasteiger partial charge in [0.05, 0.1) is 12.1 Å². The normalized spacial score (nSPS) is 20.1. The molecule has 0 saturated carbocycles. The molecule has 1 amide bonds. The Labute approximate surface area is 121 Å². The van der Waals surface area contributed by atoms with Crippen molar-refractivity contribution in [3.8, 4) is 0 Å². The Hall–Kier alpha value is -1.39. The Morgan fingerprint density at radius 1 is 1.40 bits per heavy atom. The number of benzene rings is 1. The SMILES string of the molecule is Cc1ccc(C(CNC(=O)[C@@H]2CCCN2)N(C)C)cc1. The molecule has 2 atom stereocenters. The molecule has 1 fully saturated rings. The minimum Gasteiger partial charge on any atom is -0.353 e. The molecule has 0 spiro atoms. The van der Waals surface area contributed by atoms with Gasteiger partial charge < -0.3 is 15.5 Å². The van der Waals surface area contributed by atoms with Crippen LogP contribution in [-0.2, 0) is 4.79 Å². The van der Waals surface area contributed by atoms with E-state index in [4.69, 9.17) is 0 Å². The van der Waals surface area contributed by atoms with Crippen molar-refractivity contribution >= 4 is 5.91 Å². The lowest BCUT2D eigenvalue weighted by atomic mass is 10.0. The second-order valence-corrected chi connectivity index (χ2v) is 5.78. The molecular weight excluding hydrogens is 250 g/mol. The highest BCUT2D eigenvalue weighted by molar-refractivity contribution is 5.82. The lowest BCUT2D eigenvalue weighted by Gasteiger charge is -2.26. The quantitative estimate of drug-likeness (QED) is 0.855. The number of amides is 1. The Morgan fingerprint density at radius 2 is 2.10 bits per heavy atom. The van der Waals surface area contributed by atoms with E-state index in [0.29, 0.717) is 6.54 Å². The van der Waals surface area contributed by atoms with Crippen LogP contribution in [-0.4, -0.2) is 44.0 Å². The van der Waals surface area contributed by atoms with Gasteiger partial charge in [-0.05, 0) is 46.0 Å². The predicted molar refractivity (Wildman–Crippen MR) is 81.6 cm³/mol. The third-order valence-corrected chi connectivity index (χ3v) is 3.93. The zero-order valence-electron chi connectivity index (χ0n) is 12.6. The molecular formula is C16H25N3O. The van der Waals surface area contributed by atoms with E-state index < -0.39 is 0 Å². The Morgan fingerprint density at radius 3 is 2.65 bits per heavy atom. The van der Waals surface area contributed by atoms with Crippen LogP contribution in [0.2, 0.25) is 0 Å². The molecule has 4 nitrogen and oxygen atoms in total. The van der Waals surface area contributed by atoms with Gasteiger partial charge in [0.15, 0.2) is 0 Å². The Bertz CT molecular complexity index is 436. The summed E-state index contributed by atoms with van der Waals surface area (Å²) in [6.07, 6.45) is 2.04. The monoisotopic (exact) mass is 275 g/mol. The van der Waals surface area contributed by atoms with E-state index in [9.17, 15) is 4.79 Å². The molecule has 1 unspecified atom stereocenters. The first kappa shape index (κ1) is 15.0. The molecule has 1 aliphatic heterocycles. The van der Waals surface area contributed by atoms with E-state index in [-0.39, 0.29) is 18.0 Å². The van der Waals surface area contributed by atoms with Gasteiger partial charge in [-0.3, -0.25) is 4.79 Å². The Balaban J connectivity index is 1.95. The summed E-state index contributed by atoms with van der Waals surface area (Å²) in [4.78, 5) is 14.2. The molecule has 110 valence electrons. The fourth-order valence-electron chi connectivity index (χ4n) is 2.62. The summed E-state index contributed by atoms with van der Waals surface area (Å²) in [6.45, 7) is 3.68. The molecule has 4 heteroatoms. The average Bonchev–Trinajstić information content (AvgIpc) is 2.94. The maximum Gasteiger partial charge on any atom is 0.237 e. The number of likely N-dealkylation sites (N-methyl/N-ethyl adjacent to an activating group) is 1. The lowest BCUT2D eigenvalue weighted by molar-refractivity contribution is -0.123. The van der Waals surface area contributed by atoms with Crippen LogP contribution in [0, 0.1) is 6.92 Å². The van der Waals surface area contributed by atoms with E-state index in [0.717, 1.165) is 19.4 Å². The molecule has 1 heterocycles. The number of aryl methyl sites for hydroxylation is 1. The molecule has 0 aliphatic carbocycles. The van der Waals surface area contributed by atoms with E-state index >= 15 is 0 Å². The van der Waals surface area contributed by atoms with Crippen LogP contribution in [0.25, 0.3) is 0 Å². The van der Waals surface area contributed by atoms with Gasteiger partial charge in [-0.2, -0.15) is 0 Å². The highest BCUT2D eigenvalue weighted by Gasteiger charge is 2.23. The van der Waals surface area contributed by atoms with Crippen molar-refractivity contribution in [2.24, 2.45) is 0 Å². The molecule has 2 N–H and O–H groups in total.